The summed E-state index contributed by atoms with van der Waals surface area (Å²) in [4.78, 5) is 14.8. The van der Waals surface area contributed by atoms with Gasteiger partial charge in [0.2, 0.25) is 0 Å². The molecule has 0 aromatic heterocycles. The van der Waals surface area contributed by atoms with E-state index >= 15 is 0 Å². The van der Waals surface area contributed by atoms with Gasteiger partial charge in [0, 0.05) is 37.8 Å². The lowest BCUT2D eigenvalue weighted by Gasteiger charge is -2.32. The van der Waals surface area contributed by atoms with E-state index < -0.39 is 0 Å². The van der Waals surface area contributed by atoms with Crippen molar-refractivity contribution in [2.45, 2.75) is 38.3 Å². The maximum Gasteiger partial charge on any atom is 0.251 e. The second-order valence-electron chi connectivity index (χ2n) is 6.39. The highest BCUT2D eigenvalue weighted by Gasteiger charge is 2.27. The smallest absolute Gasteiger partial charge is 0.251 e. The highest BCUT2D eigenvalue weighted by molar-refractivity contribution is 5.94. The van der Waals surface area contributed by atoms with Crippen molar-refractivity contribution in [2.24, 2.45) is 11.7 Å². The fraction of sp³-hybridized carbons (Fsp3) is 0.588. The molecule has 1 aliphatic heterocycles. The molecule has 122 valence electrons. The Balaban J connectivity index is 0.00000176. The molecule has 1 saturated carbocycles. The van der Waals surface area contributed by atoms with E-state index in [0.29, 0.717) is 12.6 Å². The average molecular weight is 324 g/mol. The first-order chi connectivity index (χ1) is 10.2. The highest BCUT2D eigenvalue weighted by atomic mass is 35.5. The van der Waals surface area contributed by atoms with Crippen LogP contribution in [0.15, 0.2) is 24.3 Å². The SMILES string of the molecule is Cl.NCc1ccc(C(=O)NC2CCN(CC3CC3)CC2)cc1. The van der Waals surface area contributed by atoms with Gasteiger partial charge in [-0.25, -0.2) is 0 Å². The number of benzene rings is 1. The minimum Gasteiger partial charge on any atom is -0.349 e. The standard InChI is InChI=1S/C17H25N3O.ClH/c18-11-13-3-5-15(6-4-13)17(21)19-16-7-9-20(10-8-16)12-14-1-2-14;/h3-6,14,16H,1-2,7-12,18H2,(H,19,21);1H. The molecule has 2 fully saturated rings. The Hall–Kier alpha value is -1.10. The van der Waals surface area contributed by atoms with Gasteiger partial charge in [0.25, 0.3) is 5.91 Å². The number of likely N-dealkylation sites (tertiary alicyclic amines) is 1. The summed E-state index contributed by atoms with van der Waals surface area (Å²) in [5.74, 6) is 0.997. The van der Waals surface area contributed by atoms with E-state index in [1.807, 2.05) is 24.3 Å². The van der Waals surface area contributed by atoms with Crippen LogP contribution in [0.25, 0.3) is 0 Å². The van der Waals surface area contributed by atoms with Crippen molar-refractivity contribution < 1.29 is 4.79 Å². The lowest BCUT2D eigenvalue weighted by molar-refractivity contribution is 0.0909. The number of piperidine rings is 1. The molecule has 1 amide bonds. The molecule has 4 nitrogen and oxygen atoms in total. The molecule has 5 heteroatoms. The van der Waals surface area contributed by atoms with Gasteiger partial charge in [-0.05, 0) is 49.3 Å². The molecule has 1 aromatic rings. The molecule has 2 aliphatic rings. The molecular formula is C17H26ClN3O. The van der Waals surface area contributed by atoms with E-state index in [-0.39, 0.29) is 18.3 Å². The number of nitrogens with zero attached hydrogens (tertiary/aromatic N) is 1. The fourth-order valence-electron chi connectivity index (χ4n) is 2.99. The van der Waals surface area contributed by atoms with E-state index in [0.717, 1.165) is 43.0 Å². The van der Waals surface area contributed by atoms with Crippen molar-refractivity contribution in [3.05, 3.63) is 35.4 Å². The predicted molar refractivity (Wildman–Crippen MR) is 91.2 cm³/mol. The van der Waals surface area contributed by atoms with E-state index in [1.54, 1.807) is 0 Å². The second kappa shape index (κ2) is 7.95. The summed E-state index contributed by atoms with van der Waals surface area (Å²) in [7, 11) is 0. The molecule has 22 heavy (non-hydrogen) atoms. The van der Waals surface area contributed by atoms with Gasteiger partial charge < -0.3 is 16.0 Å². The van der Waals surface area contributed by atoms with Crippen molar-refractivity contribution in [1.82, 2.24) is 10.2 Å². The molecule has 3 rings (SSSR count). The van der Waals surface area contributed by atoms with Crippen LogP contribution in [0.3, 0.4) is 0 Å². The zero-order valence-electron chi connectivity index (χ0n) is 13.0. The van der Waals surface area contributed by atoms with Crippen molar-refractivity contribution in [2.75, 3.05) is 19.6 Å². The lowest BCUT2D eigenvalue weighted by atomic mass is 10.0. The number of carbonyl (C=O) groups excluding carboxylic acids is 1. The van der Waals surface area contributed by atoms with Crippen molar-refractivity contribution in [1.29, 1.82) is 0 Å². The number of nitrogens with two attached hydrogens (primary N) is 1. The van der Waals surface area contributed by atoms with Gasteiger partial charge in [0.15, 0.2) is 0 Å². The van der Waals surface area contributed by atoms with Gasteiger partial charge in [-0.15, -0.1) is 12.4 Å². The Morgan fingerprint density at radius 2 is 1.77 bits per heavy atom. The van der Waals surface area contributed by atoms with Crippen LogP contribution in [-0.4, -0.2) is 36.5 Å². The monoisotopic (exact) mass is 323 g/mol. The molecule has 1 aromatic carbocycles. The maximum atomic E-state index is 12.2. The van der Waals surface area contributed by atoms with Crippen LogP contribution < -0.4 is 11.1 Å². The molecule has 0 unspecified atom stereocenters. The molecule has 0 radical (unpaired) electrons. The van der Waals surface area contributed by atoms with Gasteiger partial charge in [0.1, 0.15) is 0 Å². The number of amides is 1. The lowest BCUT2D eigenvalue weighted by Crippen LogP contribution is -2.45. The molecule has 1 heterocycles. The topological polar surface area (TPSA) is 58.4 Å². The Morgan fingerprint density at radius 3 is 2.32 bits per heavy atom. The van der Waals surface area contributed by atoms with Crippen LogP contribution in [0, 0.1) is 5.92 Å². The van der Waals surface area contributed by atoms with Crippen LogP contribution in [0.1, 0.15) is 41.6 Å². The van der Waals surface area contributed by atoms with Gasteiger partial charge in [-0.1, -0.05) is 12.1 Å². The van der Waals surface area contributed by atoms with Gasteiger partial charge in [0.05, 0.1) is 0 Å². The number of halogens is 1. The molecule has 1 aliphatic carbocycles. The summed E-state index contributed by atoms with van der Waals surface area (Å²) >= 11 is 0. The third-order valence-corrected chi connectivity index (χ3v) is 4.59. The molecule has 0 atom stereocenters. The van der Waals surface area contributed by atoms with Gasteiger partial charge in [-0.2, -0.15) is 0 Å². The van der Waals surface area contributed by atoms with E-state index in [2.05, 4.69) is 10.2 Å². The molecular weight excluding hydrogens is 298 g/mol. The average Bonchev–Trinajstić information content (AvgIpc) is 3.33. The first kappa shape index (κ1) is 17.3. The third-order valence-electron chi connectivity index (χ3n) is 4.59. The minimum atomic E-state index is 0. The largest absolute Gasteiger partial charge is 0.349 e. The Bertz CT molecular complexity index is 479. The third kappa shape index (κ3) is 4.70. The molecule has 0 spiro atoms. The molecule has 3 N–H and O–H groups in total. The van der Waals surface area contributed by atoms with Crippen LogP contribution in [0.5, 0.6) is 0 Å². The maximum absolute atomic E-state index is 12.2. The van der Waals surface area contributed by atoms with Gasteiger partial charge >= 0.3 is 0 Å². The summed E-state index contributed by atoms with van der Waals surface area (Å²) < 4.78 is 0. The zero-order valence-corrected chi connectivity index (χ0v) is 13.8. The number of hydrogen-bond donors (Lipinski definition) is 2. The summed E-state index contributed by atoms with van der Waals surface area (Å²) in [6, 6.07) is 7.89. The normalized spacial score (nSPS) is 19.5. The van der Waals surface area contributed by atoms with E-state index in [9.17, 15) is 4.79 Å². The summed E-state index contributed by atoms with van der Waals surface area (Å²) in [5.41, 5.74) is 7.36. The molecule has 0 bridgehead atoms. The second-order valence-corrected chi connectivity index (χ2v) is 6.39. The summed E-state index contributed by atoms with van der Waals surface area (Å²) in [6.45, 7) is 4.02. The number of rotatable bonds is 5. The van der Waals surface area contributed by atoms with Crippen LogP contribution in [-0.2, 0) is 6.54 Å². The Morgan fingerprint density at radius 1 is 1.14 bits per heavy atom. The minimum absolute atomic E-state index is 0. The first-order valence-corrected chi connectivity index (χ1v) is 8.07. The van der Waals surface area contributed by atoms with E-state index in [4.69, 9.17) is 5.73 Å². The summed E-state index contributed by atoms with van der Waals surface area (Å²) in [6.07, 6.45) is 4.96. The van der Waals surface area contributed by atoms with Crippen LogP contribution >= 0.6 is 12.4 Å². The van der Waals surface area contributed by atoms with Crippen LogP contribution in [0.2, 0.25) is 0 Å². The number of nitrogens with one attached hydrogen (secondary N) is 1. The number of carbonyl (C=O) groups is 1. The Kier molecular flexibility index (Phi) is 6.24. The van der Waals surface area contributed by atoms with E-state index in [1.165, 1.54) is 19.4 Å². The molecule has 1 saturated heterocycles. The zero-order chi connectivity index (χ0) is 14.7. The van der Waals surface area contributed by atoms with Crippen molar-refractivity contribution >= 4 is 18.3 Å². The number of hydrogen-bond acceptors (Lipinski definition) is 3. The fourth-order valence-corrected chi connectivity index (χ4v) is 2.99. The van der Waals surface area contributed by atoms with Crippen molar-refractivity contribution in [3.8, 4) is 0 Å². The summed E-state index contributed by atoms with van der Waals surface area (Å²) in [5, 5.41) is 3.17. The highest BCUT2D eigenvalue weighted by Crippen LogP contribution is 2.30. The Labute approximate surface area is 138 Å². The first-order valence-electron chi connectivity index (χ1n) is 8.07. The van der Waals surface area contributed by atoms with Gasteiger partial charge in [-0.3, -0.25) is 4.79 Å². The van der Waals surface area contributed by atoms with Crippen molar-refractivity contribution in [3.63, 3.8) is 0 Å². The van der Waals surface area contributed by atoms with Crippen LogP contribution in [0.4, 0.5) is 0 Å². The quantitative estimate of drug-likeness (QED) is 0.873. The predicted octanol–water partition coefficient (Wildman–Crippen LogP) is 2.17.